The lowest BCUT2D eigenvalue weighted by Crippen LogP contribution is -2.37. The van der Waals surface area contributed by atoms with Crippen LogP contribution in [0.1, 0.15) is 24.3 Å². The van der Waals surface area contributed by atoms with E-state index in [0.29, 0.717) is 22.8 Å². The molecule has 0 saturated carbocycles. The van der Waals surface area contributed by atoms with Crippen LogP contribution in [0.25, 0.3) is 0 Å². The Morgan fingerprint density at radius 1 is 1.62 bits per heavy atom. The van der Waals surface area contributed by atoms with Gasteiger partial charge in [-0.3, -0.25) is 10.1 Å². The summed E-state index contributed by atoms with van der Waals surface area (Å²) in [5.74, 6) is 0. The van der Waals surface area contributed by atoms with Gasteiger partial charge in [0.15, 0.2) is 5.00 Å². The molecule has 1 aliphatic heterocycles. The van der Waals surface area contributed by atoms with Crippen LogP contribution < -0.4 is 4.90 Å². The fourth-order valence-corrected chi connectivity index (χ4v) is 3.81. The second kappa shape index (κ2) is 6.27. The topological polar surface area (TPSA) is 90.1 Å². The standard InChI is InChI=1S/C13H21N3O4S/c1-8(17)12-5-11(16(19)20)13(21-12)15-7-10(18)4-9(15)6-14(2)3/h5,8-10,17-18H,4,6-7H2,1-3H3/t8-,9?,10?/m1/s1. The van der Waals surface area contributed by atoms with Crippen LogP contribution in [-0.4, -0.2) is 59.4 Å². The molecule has 1 aliphatic rings. The molecule has 3 atom stereocenters. The smallest absolute Gasteiger partial charge is 0.304 e. The maximum Gasteiger partial charge on any atom is 0.304 e. The zero-order valence-corrected chi connectivity index (χ0v) is 13.2. The van der Waals surface area contributed by atoms with Crippen molar-refractivity contribution >= 4 is 22.0 Å². The first-order chi connectivity index (χ1) is 9.79. The van der Waals surface area contributed by atoms with E-state index in [0.717, 1.165) is 6.54 Å². The first-order valence-corrected chi connectivity index (χ1v) is 7.66. The Labute approximate surface area is 127 Å². The van der Waals surface area contributed by atoms with Gasteiger partial charge in [-0.1, -0.05) is 0 Å². The van der Waals surface area contributed by atoms with E-state index < -0.39 is 17.1 Å². The second-order valence-corrected chi connectivity index (χ2v) is 6.79. The largest absolute Gasteiger partial charge is 0.391 e. The van der Waals surface area contributed by atoms with Crippen molar-refractivity contribution in [3.8, 4) is 0 Å². The molecule has 0 bridgehead atoms. The Morgan fingerprint density at radius 3 is 2.81 bits per heavy atom. The first kappa shape index (κ1) is 16.2. The summed E-state index contributed by atoms with van der Waals surface area (Å²) in [6, 6.07) is 1.47. The molecule has 0 amide bonds. The van der Waals surface area contributed by atoms with Gasteiger partial charge < -0.3 is 20.0 Å². The Balaban J connectivity index is 2.36. The summed E-state index contributed by atoms with van der Waals surface area (Å²) < 4.78 is 0. The highest BCUT2D eigenvalue weighted by Crippen LogP contribution is 2.42. The molecule has 2 unspecified atom stereocenters. The number of hydrogen-bond donors (Lipinski definition) is 2. The average molecular weight is 315 g/mol. The van der Waals surface area contributed by atoms with E-state index in [1.54, 1.807) is 6.92 Å². The van der Waals surface area contributed by atoms with Gasteiger partial charge >= 0.3 is 5.69 Å². The second-order valence-electron chi connectivity index (χ2n) is 5.73. The Hall–Kier alpha value is -1.22. The number of aliphatic hydroxyl groups excluding tert-OH is 2. The molecule has 0 aliphatic carbocycles. The SMILES string of the molecule is C[C@@H](O)c1cc([N+](=O)[O-])c(N2CC(O)CC2CN(C)C)s1. The minimum atomic E-state index is -0.734. The lowest BCUT2D eigenvalue weighted by molar-refractivity contribution is -0.383. The Kier molecular flexibility index (Phi) is 4.82. The molecule has 21 heavy (non-hydrogen) atoms. The summed E-state index contributed by atoms with van der Waals surface area (Å²) in [7, 11) is 3.87. The summed E-state index contributed by atoms with van der Waals surface area (Å²) in [6.45, 7) is 2.70. The number of rotatable bonds is 5. The summed E-state index contributed by atoms with van der Waals surface area (Å²) in [6.07, 6.45) is -0.619. The number of β-amino-alcohol motifs (C(OH)–C–C–N with tert-alkyl or cyclic N) is 1. The molecule has 1 saturated heterocycles. The van der Waals surface area contributed by atoms with Gasteiger partial charge in [0.2, 0.25) is 0 Å². The molecule has 8 heteroatoms. The minimum absolute atomic E-state index is 0.00811. The van der Waals surface area contributed by atoms with Crippen molar-refractivity contribution in [1.82, 2.24) is 4.90 Å². The van der Waals surface area contributed by atoms with Gasteiger partial charge in [0.25, 0.3) is 0 Å². The summed E-state index contributed by atoms with van der Waals surface area (Å²) >= 11 is 1.23. The molecule has 2 heterocycles. The predicted molar refractivity (Wildman–Crippen MR) is 81.9 cm³/mol. The van der Waals surface area contributed by atoms with Crippen molar-refractivity contribution in [3.63, 3.8) is 0 Å². The van der Waals surface area contributed by atoms with Crippen molar-refractivity contribution in [3.05, 3.63) is 21.1 Å². The van der Waals surface area contributed by atoms with Crippen LogP contribution in [0.3, 0.4) is 0 Å². The van der Waals surface area contributed by atoms with Gasteiger partial charge in [-0.15, -0.1) is 11.3 Å². The van der Waals surface area contributed by atoms with Crippen LogP contribution in [0.15, 0.2) is 6.07 Å². The normalized spacial score (nSPS) is 23.8. The third-order valence-electron chi connectivity index (χ3n) is 3.55. The Bertz CT molecular complexity index is 518. The van der Waals surface area contributed by atoms with Gasteiger partial charge in [0, 0.05) is 30.1 Å². The van der Waals surface area contributed by atoms with E-state index in [4.69, 9.17) is 0 Å². The van der Waals surface area contributed by atoms with Crippen molar-refractivity contribution in [2.45, 2.75) is 31.6 Å². The summed E-state index contributed by atoms with van der Waals surface area (Å²) in [5.41, 5.74) is 0.00811. The van der Waals surface area contributed by atoms with E-state index in [-0.39, 0.29) is 11.7 Å². The summed E-state index contributed by atoms with van der Waals surface area (Å²) in [5, 5.41) is 31.4. The fourth-order valence-electron chi connectivity index (χ4n) is 2.67. The monoisotopic (exact) mass is 315 g/mol. The first-order valence-electron chi connectivity index (χ1n) is 6.85. The third kappa shape index (κ3) is 3.52. The van der Waals surface area contributed by atoms with E-state index in [9.17, 15) is 20.3 Å². The van der Waals surface area contributed by atoms with Crippen LogP contribution in [0.5, 0.6) is 0 Å². The molecule has 118 valence electrons. The Morgan fingerprint density at radius 2 is 2.29 bits per heavy atom. The van der Waals surface area contributed by atoms with Gasteiger partial charge in [-0.25, -0.2) is 0 Å². The minimum Gasteiger partial charge on any atom is -0.391 e. The van der Waals surface area contributed by atoms with Gasteiger partial charge in [-0.2, -0.15) is 0 Å². The van der Waals surface area contributed by atoms with Gasteiger partial charge in [-0.05, 0) is 27.4 Å². The molecule has 7 nitrogen and oxygen atoms in total. The van der Waals surface area contributed by atoms with E-state index >= 15 is 0 Å². The fraction of sp³-hybridized carbons (Fsp3) is 0.692. The number of likely N-dealkylation sites (N-methyl/N-ethyl adjacent to an activating group) is 1. The molecule has 1 fully saturated rings. The van der Waals surface area contributed by atoms with E-state index in [1.807, 2.05) is 23.9 Å². The molecule has 1 aromatic heterocycles. The number of thiophene rings is 1. The number of hydrogen-bond acceptors (Lipinski definition) is 7. The molecule has 0 spiro atoms. The van der Waals surface area contributed by atoms with E-state index in [1.165, 1.54) is 17.4 Å². The highest BCUT2D eigenvalue weighted by atomic mass is 32.1. The molecule has 0 radical (unpaired) electrons. The van der Waals surface area contributed by atoms with Crippen LogP contribution in [0, 0.1) is 10.1 Å². The number of nitro groups is 1. The number of nitrogens with zero attached hydrogens (tertiary/aromatic N) is 3. The summed E-state index contributed by atoms with van der Waals surface area (Å²) in [4.78, 5) is 15.3. The van der Waals surface area contributed by atoms with Crippen LogP contribution >= 0.6 is 11.3 Å². The molecule has 1 aromatic rings. The quantitative estimate of drug-likeness (QED) is 0.627. The maximum absolute atomic E-state index is 11.3. The highest BCUT2D eigenvalue weighted by molar-refractivity contribution is 7.16. The van der Waals surface area contributed by atoms with Crippen molar-refractivity contribution in [1.29, 1.82) is 0 Å². The van der Waals surface area contributed by atoms with Crippen LogP contribution in [0.4, 0.5) is 10.7 Å². The molecular weight excluding hydrogens is 294 g/mol. The van der Waals surface area contributed by atoms with Gasteiger partial charge in [0.05, 0.1) is 17.1 Å². The maximum atomic E-state index is 11.3. The predicted octanol–water partition coefficient (Wildman–Crippen LogP) is 1.21. The molecule has 2 N–H and O–H groups in total. The van der Waals surface area contributed by atoms with Crippen molar-refractivity contribution in [2.24, 2.45) is 0 Å². The average Bonchev–Trinajstić information content (AvgIpc) is 2.92. The third-order valence-corrected chi connectivity index (χ3v) is 4.88. The lowest BCUT2D eigenvalue weighted by atomic mass is 10.2. The number of anilines is 1. The highest BCUT2D eigenvalue weighted by Gasteiger charge is 2.36. The molecular formula is C13H21N3O4S. The van der Waals surface area contributed by atoms with Crippen molar-refractivity contribution < 1.29 is 15.1 Å². The molecule has 2 rings (SSSR count). The van der Waals surface area contributed by atoms with Gasteiger partial charge in [0.1, 0.15) is 0 Å². The zero-order valence-electron chi connectivity index (χ0n) is 12.4. The van der Waals surface area contributed by atoms with E-state index in [2.05, 4.69) is 0 Å². The van der Waals surface area contributed by atoms with Crippen LogP contribution in [0.2, 0.25) is 0 Å². The number of aliphatic hydroxyl groups is 2. The molecule has 0 aromatic carbocycles. The lowest BCUT2D eigenvalue weighted by Gasteiger charge is -2.26. The zero-order chi connectivity index (χ0) is 15.7. The van der Waals surface area contributed by atoms with Crippen LogP contribution in [-0.2, 0) is 0 Å². The van der Waals surface area contributed by atoms with Crippen molar-refractivity contribution in [2.75, 3.05) is 32.1 Å².